The molecule has 0 spiro atoms. The molecule has 0 saturated carbocycles. The molecule has 0 radical (unpaired) electrons. The minimum Gasteiger partial charge on any atom is -0.493 e. The number of benzene rings is 6. The van der Waals surface area contributed by atoms with Crippen molar-refractivity contribution in [2.75, 3.05) is 36.2 Å². The highest BCUT2D eigenvalue weighted by Crippen LogP contribution is 2.59. The number of ether oxygens (including phenoxy) is 4. The van der Waals surface area contributed by atoms with Crippen LogP contribution in [0, 0.1) is 21.7 Å². The Labute approximate surface area is 623 Å². The molecule has 13 rings (SSSR count). The number of hydrogen-bond donors (Lipinski definition) is 0. The lowest BCUT2D eigenvalue weighted by Crippen LogP contribution is -2.44. The molecule has 5 aliphatic carbocycles. The molecule has 536 valence electrons. The van der Waals surface area contributed by atoms with Gasteiger partial charge in [0.05, 0.1) is 26.4 Å². The molecular formula is C90H104Br2N2O8. The van der Waals surface area contributed by atoms with Crippen LogP contribution in [0.5, 0.6) is 23.0 Å². The Bertz CT molecular complexity index is 3950. The van der Waals surface area contributed by atoms with Gasteiger partial charge in [0.1, 0.15) is 23.0 Å². The molecule has 8 bridgehead atoms. The van der Waals surface area contributed by atoms with E-state index in [0.717, 1.165) is 195 Å². The first-order valence-electron chi connectivity index (χ1n) is 38.0. The van der Waals surface area contributed by atoms with Crippen molar-refractivity contribution in [3.05, 3.63) is 219 Å². The van der Waals surface area contributed by atoms with Crippen LogP contribution in [0.15, 0.2) is 163 Å². The highest BCUT2D eigenvalue weighted by molar-refractivity contribution is 9.10. The second-order valence-electron chi connectivity index (χ2n) is 33.4. The quantitative estimate of drug-likeness (QED) is 0.0684. The van der Waals surface area contributed by atoms with Gasteiger partial charge in [-0.1, -0.05) is 201 Å². The van der Waals surface area contributed by atoms with Gasteiger partial charge in [-0.15, -0.1) is 0 Å². The van der Waals surface area contributed by atoms with E-state index in [1.807, 2.05) is 24.3 Å². The number of Topliss-reactive ketones (excluding diaryl/α,β-unsaturated/α-hetero) is 4. The van der Waals surface area contributed by atoms with Crippen LogP contribution in [-0.2, 0) is 44.9 Å². The minimum absolute atomic E-state index is 0.0861. The summed E-state index contributed by atoms with van der Waals surface area (Å²) in [7, 11) is 0. The van der Waals surface area contributed by atoms with Crippen molar-refractivity contribution in [3.8, 4) is 23.0 Å². The molecule has 0 atom stereocenters. The number of para-hydroxylation sites is 2. The monoisotopic (exact) mass is 1500 g/mol. The van der Waals surface area contributed by atoms with Crippen LogP contribution >= 0.6 is 31.9 Å². The number of anilines is 2. The highest BCUT2D eigenvalue weighted by atomic mass is 79.9. The molecule has 12 heteroatoms. The van der Waals surface area contributed by atoms with E-state index in [4.69, 9.17) is 18.9 Å². The fourth-order valence-electron chi connectivity index (χ4n) is 17.5. The summed E-state index contributed by atoms with van der Waals surface area (Å²) >= 11 is 7.40. The summed E-state index contributed by atoms with van der Waals surface area (Å²) in [5.74, 6) is 2.63. The summed E-state index contributed by atoms with van der Waals surface area (Å²) in [6, 6.07) is 39.0. The van der Waals surface area contributed by atoms with Gasteiger partial charge in [-0.25, -0.2) is 0 Å². The number of ketones is 4. The van der Waals surface area contributed by atoms with Crippen molar-refractivity contribution in [1.82, 2.24) is 0 Å². The number of carbonyl (C=O) groups excluding carboxylic acids is 4. The first kappa shape index (κ1) is 73.0. The van der Waals surface area contributed by atoms with Crippen LogP contribution in [-0.4, -0.2) is 49.6 Å². The van der Waals surface area contributed by atoms with Gasteiger partial charge in [0.2, 0.25) is 0 Å². The Balaban J connectivity index is 1.09. The van der Waals surface area contributed by atoms with Crippen molar-refractivity contribution >= 4 is 66.4 Å². The van der Waals surface area contributed by atoms with Crippen molar-refractivity contribution in [2.45, 2.75) is 223 Å². The molecule has 7 aliphatic rings. The van der Waals surface area contributed by atoms with Crippen molar-refractivity contribution in [3.63, 3.8) is 0 Å². The van der Waals surface area contributed by atoms with Crippen molar-refractivity contribution < 1.29 is 38.1 Å². The fraction of sp³-hybridized carbons (Fsp3) is 0.467. The lowest BCUT2D eigenvalue weighted by molar-refractivity contribution is -0.120. The third-order valence-electron chi connectivity index (χ3n) is 22.1. The maximum atomic E-state index is 15.4. The van der Waals surface area contributed by atoms with Crippen LogP contribution in [0.4, 0.5) is 11.4 Å². The van der Waals surface area contributed by atoms with E-state index in [-0.39, 0.29) is 44.8 Å². The molecule has 6 aromatic rings. The predicted molar refractivity (Wildman–Crippen MR) is 418 cm³/mol. The lowest BCUT2D eigenvalue weighted by Gasteiger charge is -2.49. The third kappa shape index (κ3) is 14.9. The number of allylic oxidation sites excluding steroid dienone is 8. The van der Waals surface area contributed by atoms with Gasteiger partial charge in [0.15, 0.2) is 23.1 Å². The predicted octanol–water partition coefficient (Wildman–Crippen LogP) is 22.4. The summed E-state index contributed by atoms with van der Waals surface area (Å²) < 4.78 is 31.1. The van der Waals surface area contributed by atoms with Crippen molar-refractivity contribution in [1.29, 1.82) is 0 Å². The van der Waals surface area contributed by atoms with Gasteiger partial charge in [0, 0.05) is 151 Å². The molecule has 6 aromatic carbocycles. The molecule has 0 fully saturated rings. The largest absolute Gasteiger partial charge is 0.493 e. The maximum absolute atomic E-state index is 15.4. The molecule has 10 nitrogen and oxygen atoms in total. The first-order chi connectivity index (χ1) is 48.8. The fourth-order valence-corrected chi connectivity index (χ4v) is 18.0. The zero-order valence-corrected chi connectivity index (χ0v) is 65.6. The number of nitrogens with zero attached hydrogens (tertiary/aromatic N) is 2. The average Bonchev–Trinajstić information content (AvgIpc) is 0.715. The van der Waals surface area contributed by atoms with Gasteiger partial charge >= 0.3 is 0 Å². The molecule has 0 saturated heterocycles. The number of hydrogen-bond acceptors (Lipinski definition) is 10. The number of halogens is 2. The van der Waals surface area contributed by atoms with E-state index < -0.39 is 11.8 Å². The Hall–Kier alpha value is -7.28. The molecule has 102 heavy (non-hydrogen) atoms. The van der Waals surface area contributed by atoms with Crippen LogP contribution in [0.1, 0.15) is 253 Å². The smallest absolute Gasteiger partial charge is 0.162 e. The SMILES string of the molecule is CCCCOc1c2cccc1Cc1cc(N3C4=C(C(=O)CC(C)(C)C4)C(c4ccc(Br)cc4)C4=C3CC(C)(C)CC4=O)cc(c1OCCCC)Cc1cccc(c1OCCCC)Cc1cc(N3C4=C(C(=O)CC(C)(C)C4)C(c4ccc(Br)cc4)C4=C3CC(C)(C)CC4=O)cc(c1OCCCC)C2. The molecule has 0 unspecified atom stereocenters. The molecule has 0 amide bonds. The second kappa shape index (κ2) is 29.7. The standard InChI is InChI=1S/C90H104Br2N2O8/c1-13-17-35-99-83-57-23-21-24-58(83)40-62-44-68(94-71-49-89(9,10)53-75(97)81(71)78(56-29-33-66(92)34-30-56)82-72(94)50-90(11,12)54-76(82)98)46-64(86(62)102-38-20-16-4)42-60-26-22-25-59(84(60)100-36-18-14-2)41-63-45-67(43-61(39-57)85(63)101-37-19-15-3)93-69-47-87(5,6)51-73(95)79(69)77(55-27-31-65(91)32-28-55)80-70(93)48-88(7,8)52-74(80)96/h21-34,43-46,77-78H,13-20,35-42,47-54H2,1-12H3. The summed E-state index contributed by atoms with van der Waals surface area (Å²) in [4.78, 5) is 66.4. The molecule has 2 heterocycles. The normalized spacial score (nSPS) is 19.4. The summed E-state index contributed by atoms with van der Waals surface area (Å²) in [5.41, 5.74) is 17.0. The number of carbonyl (C=O) groups is 4. The van der Waals surface area contributed by atoms with E-state index in [1.54, 1.807) is 0 Å². The Kier molecular flexibility index (Phi) is 21.3. The van der Waals surface area contributed by atoms with Gasteiger partial charge in [0.25, 0.3) is 0 Å². The van der Waals surface area contributed by atoms with Gasteiger partial charge in [-0.3, -0.25) is 19.2 Å². The van der Waals surface area contributed by atoms with E-state index in [2.05, 4.69) is 210 Å². The number of unbranched alkanes of at least 4 members (excludes halogenated alkanes) is 4. The maximum Gasteiger partial charge on any atom is 0.162 e. The van der Waals surface area contributed by atoms with E-state index in [1.165, 1.54) is 0 Å². The minimum atomic E-state index is -0.503. The van der Waals surface area contributed by atoms with Crippen LogP contribution in [0.25, 0.3) is 0 Å². The zero-order valence-electron chi connectivity index (χ0n) is 62.4. The number of rotatable bonds is 20. The Morgan fingerprint density at radius 1 is 0.343 bits per heavy atom. The van der Waals surface area contributed by atoms with Gasteiger partial charge in [-0.05, 0) is 155 Å². The van der Waals surface area contributed by atoms with Crippen LogP contribution < -0.4 is 28.7 Å². The van der Waals surface area contributed by atoms with Gasteiger partial charge in [-0.2, -0.15) is 0 Å². The summed E-state index contributed by atoms with van der Waals surface area (Å²) in [6.07, 6.45) is 13.1. The molecular weight excluding hydrogens is 1400 g/mol. The summed E-state index contributed by atoms with van der Waals surface area (Å²) in [6.45, 7) is 28.5. The average molecular weight is 1500 g/mol. The van der Waals surface area contributed by atoms with Crippen LogP contribution in [0.2, 0.25) is 0 Å². The number of fused-ring (bicyclic) bond motifs is 8. The van der Waals surface area contributed by atoms with E-state index in [0.29, 0.717) is 103 Å². The van der Waals surface area contributed by atoms with Crippen LogP contribution in [0.3, 0.4) is 0 Å². The van der Waals surface area contributed by atoms with E-state index in [9.17, 15) is 0 Å². The summed E-state index contributed by atoms with van der Waals surface area (Å²) in [5, 5.41) is 0. The molecule has 0 aromatic heterocycles. The first-order valence-corrected chi connectivity index (χ1v) is 39.6. The lowest BCUT2D eigenvalue weighted by atomic mass is 9.63. The zero-order chi connectivity index (χ0) is 72.2. The highest BCUT2D eigenvalue weighted by Gasteiger charge is 2.52. The second-order valence-corrected chi connectivity index (χ2v) is 35.2. The Morgan fingerprint density at radius 3 is 0.814 bits per heavy atom. The topological polar surface area (TPSA) is 112 Å². The molecule has 0 N–H and O–H groups in total. The Morgan fingerprint density at radius 2 is 0.578 bits per heavy atom. The third-order valence-corrected chi connectivity index (χ3v) is 23.1. The van der Waals surface area contributed by atoms with Gasteiger partial charge < -0.3 is 28.7 Å². The van der Waals surface area contributed by atoms with E-state index >= 15 is 19.2 Å². The van der Waals surface area contributed by atoms with Crippen molar-refractivity contribution in [2.24, 2.45) is 21.7 Å². The molecule has 2 aliphatic heterocycles.